The molecule has 4 heteroatoms. The van der Waals surface area contributed by atoms with Gasteiger partial charge >= 0.3 is 0 Å². The molecule has 3 rings (SSSR count). The van der Waals surface area contributed by atoms with Crippen molar-refractivity contribution in [1.29, 1.82) is 0 Å². The van der Waals surface area contributed by atoms with Crippen LogP contribution in [-0.2, 0) is 12.8 Å². The third-order valence-electron chi connectivity index (χ3n) is 4.26. The lowest BCUT2D eigenvalue weighted by Crippen LogP contribution is -2.47. The van der Waals surface area contributed by atoms with E-state index in [0.29, 0.717) is 6.04 Å². The third kappa shape index (κ3) is 1.90. The fourth-order valence-corrected chi connectivity index (χ4v) is 3.27. The summed E-state index contributed by atoms with van der Waals surface area (Å²) in [6.45, 7) is 1.24. The van der Waals surface area contributed by atoms with E-state index in [4.69, 9.17) is 0 Å². The topological polar surface area (TPSA) is 41.1 Å². The second-order valence-corrected chi connectivity index (χ2v) is 5.27. The van der Waals surface area contributed by atoms with E-state index >= 15 is 0 Å². The Morgan fingerprint density at radius 1 is 1.41 bits per heavy atom. The van der Waals surface area contributed by atoms with Gasteiger partial charge in [-0.3, -0.25) is 0 Å². The van der Waals surface area contributed by atoms with Crippen LogP contribution in [-0.4, -0.2) is 41.5 Å². The number of hydrogen-bond donors (Lipinski definition) is 1. The van der Waals surface area contributed by atoms with Crippen molar-refractivity contribution < 1.29 is 0 Å². The van der Waals surface area contributed by atoms with Crippen molar-refractivity contribution >= 4 is 5.95 Å². The van der Waals surface area contributed by atoms with E-state index in [-0.39, 0.29) is 0 Å². The smallest absolute Gasteiger partial charge is 0.222 e. The van der Waals surface area contributed by atoms with Crippen molar-refractivity contribution in [3.05, 3.63) is 17.5 Å². The summed E-state index contributed by atoms with van der Waals surface area (Å²) in [5, 5.41) is 3.03. The highest BCUT2D eigenvalue weighted by Gasteiger charge is 2.34. The molecule has 2 aliphatic rings. The number of rotatable bonds is 1. The number of nitrogens with zero attached hydrogens (tertiary/aromatic N) is 3. The van der Waals surface area contributed by atoms with Crippen molar-refractivity contribution in [2.24, 2.45) is 5.92 Å². The van der Waals surface area contributed by atoms with Crippen molar-refractivity contribution in [2.45, 2.75) is 31.7 Å². The molecule has 0 saturated carbocycles. The molecule has 1 N–H and O–H groups in total. The van der Waals surface area contributed by atoms with E-state index in [1.54, 1.807) is 0 Å². The monoisotopic (exact) mass is 232 g/mol. The maximum atomic E-state index is 4.61. The van der Waals surface area contributed by atoms with Gasteiger partial charge in [-0.25, -0.2) is 9.97 Å². The predicted molar refractivity (Wildman–Crippen MR) is 68.1 cm³/mol. The average molecular weight is 232 g/mol. The molecule has 1 aromatic heterocycles. The van der Waals surface area contributed by atoms with Gasteiger partial charge in [-0.1, -0.05) is 0 Å². The second kappa shape index (κ2) is 4.26. The molecule has 1 aliphatic carbocycles. The SMILES string of the molecule is CNc1ncc2c(n1)C[C@@H]1CCCN(C)[C@H]1C2. The first kappa shape index (κ1) is 11.0. The zero-order chi connectivity index (χ0) is 11.8. The molecule has 1 aliphatic heterocycles. The molecule has 2 atom stereocenters. The van der Waals surface area contributed by atoms with Gasteiger partial charge in [0, 0.05) is 25.0 Å². The van der Waals surface area contributed by atoms with Gasteiger partial charge in [0.15, 0.2) is 0 Å². The van der Waals surface area contributed by atoms with Crippen molar-refractivity contribution in [2.75, 3.05) is 26.0 Å². The van der Waals surface area contributed by atoms with Crippen LogP contribution in [0.2, 0.25) is 0 Å². The minimum Gasteiger partial charge on any atom is -0.357 e. The zero-order valence-corrected chi connectivity index (χ0v) is 10.6. The quantitative estimate of drug-likeness (QED) is 0.793. The Morgan fingerprint density at radius 2 is 2.29 bits per heavy atom. The minimum atomic E-state index is 0.709. The van der Waals surface area contributed by atoms with Crippen LogP contribution in [0.15, 0.2) is 6.20 Å². The first-order valence-electron chi connectivity index (χ1n) is 6.50. The highest BCUT2D eigenvalue weighted by Crippen LogP contribution is 2.33. The van der Waals surface area contributed by atoms with Gasteiger partial charge in [-0.2, -0.15) is 0 Å². The van der Waals surface area contributed by atoms with Gasteiger partial charge < -0.3 is 10.2 Å². The van der Waals surface area contributed by atoms with Gasteiger partial charge in [-0.05, 0) is 50.8 Å². The summed E-state index contributed by atoms with van der Waals surface area (Å²) in [6, 6.07) is 0.709. The number of fused-ring (bicyclic) bond motifs is 2. The number of aromatic nitrogens is 2. The van der Waals surface area contributed by atoms with Crippen LogP contribution in [0.3, 0.4) is 0 Å². The lowest BCUT2D eigenvalue weighted by molar-refractivity contribution is 0.111. The van der Waals surface area contributed by atoms with Crippen molar-refractivity contribution in [3.63, 3.8) is 0 Å². The molecule has 17 heavy (non-hydrogen) atoms. The Kier molecular flexibility index (Phi) is 2.74. The standard InChI is InChI=1S/C13H20N4/c1-14-13-15-8-10-7-12-9(6-11(10)16-13)4-3-5-17(12)2/h8-9,12H,3-7H2,1-2H3,(H,14,15,16)/t9-,12-/m0/s1. The number of piperidine rings is 1. The summed E-state index contributed by atoms with van der Waals surface area (Å²) in [6.07, 6.45) is 6.94. The van der Waals surface area contributed by atoms with E-state index < -0.39 is 0 Å². The third-order valence-corrected chi connectivity index (χ3v) is 4.26. The van der Waals surface area contributed by atoms with E-state index in [2.05, 4.69) is 27.2 Å². The summed E-state index contributed by atoms with van der Waals surface area (Å²) in [5.41, 5.74) is 2.61. The highest BCUT2D eigenvalue weighted by molar-refractivity contribution is 5.31. The lowest BCUT2D eigenvalue weighted by Gasteiger charge is -2.42. The van der Waals surface area contributed by atoms with Crippen LogP contribution in [0.25, 0.3) is 0 Å². The summed E-state index contributed by atoms with van der Waals surface area (Å²) in [4.78, 5) is 11.5. The van der Waals surface area contributed by atoms with Crippen LogP contribution in [0, 0.1) is 5.92 Å². The number of anilines is 1. The van der Waals surface area contributed by atoms with Gasteiger partial charge in [0.05, 0.1) is 0 Å². The van der Waals surface area contributed by atoms with Gasteiger partial charge in [-0.15, -0.1) is 0 Å². The molecule has 0 amide bonds. The molecule has 1 aromatic rings. The maximum absolute atomic E-state index is 4.61. The largest absolute Gasteiger partial charge is 0.357 e. The normalized spacial score (nSPS) is 28.4. The Hall–Kier alpha value is -1.16. The van der Waals surface area contributed by atoms with Crippen molar-refractivity contribution in [1.82, 2.24) is 14.9 Å². The summed E-state index contributed by atoms with van der Waals surface area (Å²) >= 11 is 0. The lowest BCUT2D eigenvalue weighted by atomic mass is 9.77. The highest BCUT2D eigenvalue weighted by atomic mass is 15.1. The predicted octanol–water partition coefficient (Wildman–Crippen LogP) is 1.33. The van der Waals surface area contributed by atoms with Crippen LogP contribution in [0.1, 0.15) is 24.1 Å². The van der Waals surface area contributed by atoms with Crippen LogP contribution < -0.4 is 5.32 Å². The van der Waals surface area contributed by atoms with Gasteiger partial charge in [0.25, 0.3) is 0 Å². The van der Waals surface area contributed by atoms with E-state index in [0.717, 1.165) is 24.7 Å². The molecule has 92 valence electrons. The molecule has 2 heterocycles. The Labute approximate surface area is 102 Å². The fraction of sp³-hybridized carbons (Fsp3) is 0.692. The molecule has 0 bridgehead atoms. The molecule has 0 unspecified atom stereocenters. The van der Waals surface area contributed by atoms with E-state index in [1.165, 1.54) is 30.6 Å². The summed E-state index contributed by atoms with van der Waals surface area (Å²) < 4.78 is 0. The van der Waals surface area contributed by atoms with E-state index in [1.807, 2.05) is 13.2 Å². The maximum Gasteiger partial charge on any atom is 0.222 e. The Balaban J connectivity index is 1.90. The van der Waals surface area contributed by atoms with Crippen molar-refractivity contribution in [3.8, 4) is 0 Å². The Morgan fingerprint density at radius 3 is 3.12 bits per heavy atom. The molecule has 4 nitrogen and oxygen atoms in total. The number of likely N-dealkylation sites (tertiary alicyclic amines) is 1. The molecular formula is C13H20N4. The van der Waals surface area contributed by atoms with Crippen LogP contribution in [0.5, 0.6) is 0 Å². The number of likely N-dealkylation sites (N-methyl/N-ethyl adjacent to an activating group) is 1. The van der Waals surface area contributed by atoms with Gasteiger partial charge in [0.2, 0.25) is 5.95 Å². The van der Waals surface area contributed by atoms with E-state index in [9.17, 15) is 0 Å². The zero-order valence-electron chi connectivity index (χ0n) is 10.6. The molecular weight excluding hydrogens is 212 g/mol. The van der Waals surface area contributed by atoms with Crippen LogP contribution >= 0.6 is 0 Å². The average Bonchev–Trinajstić information content (AvgIpc) is 2.36. The molecule has 0 radical (unpaired) electrons. The summed E-state index contributed by atoms with van der Waals surface area (Å²) in [7, 11) is 4.13. The minimum absolute atomic E-state index is 0.709. The summed E-state index contributed by atoms with van der Waals surface area (Å²) in [5.74, 6) is 1.55. The fourth-order valence-electron chi connectivity index (χ4n) is 3.27. The first-order valence-corrected chi connectivity index (χ1v) is 6.50. The molecule has 1 saturated heterocycles. The first-order chi connectivity index (χ1) is 8.28. The number of hydrogen-bond acceptors (Lipinski definition) is 4. The van der Waals surface area contributed by atoms with Crippen LogP contribution in [0.4, 0.5) is 5.95 Å². The molecule has 1 fully saturated rings. The second-order valence-electron chi connectivity index (χ2n) is 5.27. The number of nitrogens with one attached hydrogen (secondary N) is 1. The Bertz CT molecular complexity index is 418. The molecule has 0 spiro atoms. The van der Waals surface area contributed by atoms with Gasteiger partial charge in [0.1, 0.15) is 0 Å². The molecule has 0 aromatic carbocycles.